The third-order valence-electron chi connectivity index (χ3n) is 5.61. The average Bonchev–Trinajstić information content (AvgIpc) is 2.78. The summed E-state index contributed by atoms with van der Waals surface area (Å²) in [4.78, 5) is 0. The van der Waals surface area contributed by atoms with E-state index in [-0.39, 0.29) is 11.6 Å². The number of aryl methyl sites for hydroxylation is 2. The van der Waals surface area contributed by atoms with E-state index >= 15 is 4.39 Å². The van der Waals surface area contributed by atoms with E-state index < -0.39 is 0 Å². The molecule has 0 amide bonds. The summed E-state index contributed by atoms with van der Waals surface area (Å²) in [7, 11) is 0. The maximum absolute atomic E-state index is 15.2. The second kappa shape index (κ2) is 8.62. The first-order chi connectivity index (χ1) is 14.6. The largest absolute Gasteiger partial charge is 0.206 e. The van der Waals surface area contributed by atoms with Crippen LogP contribution in [0.15, 0.2) is 85.5 Å². The van der Waals surface area contributed by atoms with Gasteiger partial charge in [0.05, 0.1) is 0 Å². The molecule has 0 aliphatic rings. The van der Waals surface area contributed by atoms with Crippen molar-refractivity contribution in [3.05, 3.63) is 108 Å². The summed E-state index contributed by atoms with van der Waals surface area (Å²) in [5.41, 5.74) is 4.64. The van der Waals surface area contributed by atoms with Crippen molar-refractivity contribution in [2.24, 2.45) is 0 Å². The standard InChI is InChI=1S/C28H24F2/c1-3-5-6-20-7-10-21(11-8-20)24-15-12-23(18-27(24)29)26-16-13-22-17-19(4-2)9-14-25(22)28(26)30/h3,7-18H,1,4-6H2,2H3. The zero-order valence-electron chi connectivity index (χ0n) is 17.1. The SMILES string of the molecule is C=CCCc1ccc(-c2ccc(-c3ccc4cc(CC)ccc4c3F)cc2F)cc1. The van der Waals surface area contributed by atoms with Crippen molar-refractivity contribution in [2.75, 3.05) is 0 Å². The van der Waals surface area contributed by atoms with Gasteiger partial charge in [0.25, 0.3) is 0 Å². The number of hydrogen-bond acceptors (Lipinski definition) is 0. The van der Waals surface area contributed by atoms with Gasteiger partial charge in [0, 0.05) is 16.5 Å². The van der Waals surface area contributed by atoms with E-state index in [1.807, 2.05) is 54.6 Å². The summed E-state index contributed by atoms with van der Waals surface area (Å²) < 4.78 is 30.1. The Labute approximate surface area is 176 Å². The quantitative estimate of drug-likeness (QED) is 0.288. The number of halogens is 2. The Morgan fingerprint density at radius 1 is 0.767 bits per heavy atom. The van der Waals surface area contributed by atoms with Crippen LogP contribution in [0.5, 0.6) is 0 Å². The number of fused-ring (bicyclic) bond motifs is 1. The van der Waals surface area contributed by atoms with E-state index in [0.717, 1.165) is 30.2 Å². The maximum Gasteiger partial charge on any atom is 0.138 e. The van der Waals surface area contributed by atoms with Crippen LogP contribution in [0.2, 0.25) is 0 Å². The summed E-state index contributed by atoms with van der Waals surface area (Å²) >= 11 is 0. The Bertz CT molecular complexity index is 1200. The Kier molecular flexibility index (Phi) is 5.76. The summed E-state index contributed by atoms with van der Waals surface area (Å²) in [5.74, 6) is -0.666. The molecule has 0 atom stereocenters. The second-order valence-electron chi connectivity index (χ2n) is 7.56. The van der Waals surface area contributed by atoms with Crippen LogP contribution in [0, 0.1) is 11.6 Å². The van der Waals surface area contributed by atoms with Crippen molar-refractivity contribution in [2.45, 2.75) is 26.2 Å². The van der Waals surface area contributed by atoms with E-state index in [1.54, 1.807) is 18.2 Å². The Morgan fingerprint density at radius 3 is 2.17 bits per heavy atom. The van der Waals surface area contributed by atoms with Gasteiger partial charge in [-0.05, 0) is 53.0 Å². The van der Waals surface area contributed by atoms with Crippen molar-refractivity contribution >= 4 is 10.8 Å². The summed E-state index contributed by atoms with van der Waals surface area (Å²) in [6.07, 6.45) is 4.63. The zero-order valence-corrected chi connectivity index (χ0v) is 17.1. The fraction of sp³-hybridized carbons (Fsp3) is 0.143. The number of hydrogen-bond donors (Lipinski definition) is 0. The smallest absolute Gasteiger partial charge is 0.138 e. The van der Waals surface area contributed by atoms with E-state index in [9.17, 15) is 4.39 Å². The lowest BCUT2D eigenvalue weighted by atomic mass is 9.96. The Balaban J connectivity index is 1.68. The molecule has 0 fully saturated rings. The van der Waals surface area contributed by atoms with Gasteiger partial charge in [-0.1, -0.05) is 79.7 Å². The van der Waals surface area contributed by atoms with Crippen LogP contribution in [0.4, 0.5) is 8.78 Å². The van der Waals surface area contributed by atoms with Crippen molar-refractivity contribution in [1.29, 1.82) is 0 Å². The van der Waals surface area contributed by atoms with Crippen LogP contribution in [-0.2, 0) is 12.8 Å². The molecule has 0 radical (unpaired) electrons. The topological polar surface area (TPSA) is 0 Å². The lowest BCUT2D eigenvalue weighted by Crippen LogP contribution is -1.91. The first-order valence-electron chi connectivity index (χ1n) is 10.3. The highest BCUT2D eigenvalue weighted by Crippen LogP contribution is 2.33. The third-order valence-corrected chi connectivity index (χ3v) is 5.61. The molecule has 30 heavy (non-hydrogen) atoms. The molecular formula is C28H24F2. The molecule has 0 aromatic heterocycles. The molecule has 0 unspecified atom stereocenters. The van der Waals surface area contributed by atoms with Crippen LogP contribution in [0.25, 0.3) is 33.0 Å². The number of benzene rings is 4. The molecule has 0 spiro atoms. The summed E-state index contributed by atoms with van der Waals surface area (Å²) in [6.45, 7) is 5.81. The monoisotopic (exact) mass is 398 g/mol. The Morgan fingerprint density at radius 2 is 1.47 bits per heavy atom. The molecular weight excluding hydrogens is 374 g/mol. The van der Waals surface area contributed by atoms with E-state index in [2.05, 4.69) is 13.5 Å². The minimum absolute atomic E-state index is 0.311. The van der Waals surface area contributed by atoms with Crippen LogP contribution >= 0.6 is 0 Å². The van der Waals surface area contributed by atoms with Gasteiger partial charge in [0.15, 0.2) is 0 Å². The van der Waals surface area contributed by atoms with Gasteiger partial charge in [0.1, 0.15) is 11.6 Å². The lowest BCUT2D eigenvalue weighted by Gasteiger charge is -2.11. The molecule has 0 saturated carbocycles. The first kappa shape index (κ1) is 20.0. The minimum Gasteiger partial charge on any atom is -0.206 e. The maximum atomic E-state index is 15.2. The molecule has 2 heteroatoms. The molecule has 4 rings (SSSR count). The van der Waals surface area contributed by atoms with Gasteiger partial charge in [0.2, 0.25) is 0 Å². The molecule has 4 aromatic carbocycles. The van der Waals surface area contributed by atoms with Crippen molar-refractivity contribution in [3.8, 4) is 22.3 Å². The molecule has 4 aromatic rings. The molecule has 150 valence electrons. The summed E-state index contributed by atoms with van der Waals surface area (Å²) in [6, 6.07) is 22.2. The molecule has 0 nitrogen and oxygen atoms in total. The predicted octanol–water partition coefficient (Wildman–Crippen LogP) is 8.13. The molecule has 0 saturated heterocycles. The van der Waals surface area contributed by atoms with Gasteiger partial charge in [-0.25, -0.2) is 8.78 Å². The molecule has 0 aliphatic heterocycles. The van der Waals surface area contributed by atoms with E-state index in [1.165, 1.54) is 17.2 Å². The van der Waals surface area contributed by atoms with Gasteiger partial charge in [-0.2, -0.15) is 0 Å². The highest BCUT2D eigenvalue weighted by molar-refractivity contribution is 5.89. The minimum atomic E-state index is -0.354. The third kappa shape index (κ3) is 3.91. The van der Waals surface area contributed by atoms with E-state index in [4.69, 9.17) is 0 Å². The van der Waals surface area contributed by atoms with Crippen LogP contribution in [0.3, 0.4) is 0 Å². The Hall–Kier alpha value is -3.26. The zero-order chi connectivity index (χ0) is 21.1. The van der Waals surface area contributed by atoms with Crippen LogP contribution < -0.4 is 0 Å². The molecule has 0 bridgehead atoms. The van der Waals surface area contributed by atoms with Crippen molar-refractivity contribution < 1.29 is 8.78 Å². The van der Waals surface area contributed by atoms with Gasteiger partial charge in [-0.3, -0.25) is 0 Å². The van der Waals surface area contributed by atoms with E-state index in [0.29, 0.717) is 22.1 Å². The molecule has 0 aliphatic carbocycles. The summed E-state index contributed by atoms with van der Waals surface area (Å²) in [5, 5.41) is 1.42. The van der Waals surface area contributed by atoms with Gasteiger partial charge < -0.3 is 0 Å². The fourth-order valence-corrected chi connectivity index (χ4v) is 3.82. The lowest BCUT2D eigenvalue weighted by molar-refractivity contribution is 0.630. The highest BCUT2D eigenvalue weighted by atomic mass is 19.1. The van der Waals surface area contributed by atoms with Crippen molar-refractivity contribution in [3.63, 3.8) is 0 Å². The van der Waals surface area contributed by atoms with Gasteiger partial charge >= 0.3 is 0 Å². The van der Waals surface area contributed by atoms with Crippen LogP contribution in [-0.4, -0.2) is 0 Å². The van der Waals surface area contributed by atoms with Crippen molar-refractivity contribution in [1.82, 2.24) is 0 Å². The first-order valence-corrected chi connectivity index (χ1v) is 10.3. The normalized spacial score (nSPS) is 11.0. The highest BCUT2D eigenvalue weighted by Gasteiger charge is 2.13. The average molecular weight is 398 g/mol. The van der Waals surface area contributed by atoms with Crippen LogP contribution in [0.1, 0.15) is 24.5 Å². The predicted molar refractivity (Wildman–Crippen MR) is 123 cm³/mol. The van der Waals surface area contributed by atoms with Gasteiger partial charge in [-0.15, -0.1) is 6.58 Å². The second-order valence-corrected chi connectivity index (χ2v) is 7.56. The molecule has 0 heterocycles. The molecule has 0 N–H and O–H groups in total. The fourth-order valence-electron chi connectivity index (χ4n) is 3.82. The number of rotatable bonds is 6. The number of allylic oxidation sites excluding steroid dienone is 1.